The summed E-state index contributed by atoms with van der Waals surface area (Å²) >= 11 is 1.13. The third kappa shape index (κ3) is 6.84. The molecule has 0 aliphatic rings. The lowest BCUT2D eigenvalue weighted by Gasteiger charge is -2.12. The zero-order valence-corrected chi connectivity index (χ0v) is 16.3. The van der Waals surface area contributed by atoms with E-state index in [4.69, 9.17) is 4.74 Å². The van der Waals surface area contributed by atoms with Crippen LogP contribution in [-0.2, 0) is 17.8 Å². The molecule has 1 aromatic carbocycles. The highest BCUT2D eigenvalue weighted by Crippen LogP contribution is 2.29. The van der Waals surface area contributed by atoms with Gasteiger partial charge >= 0.3 is 6.61 Å². The maximum atomic E-state index is 12.3. The van der Waals surface area contributed by atoms with E-state index in [0.29, 0.717) is 22.8 Å². The number of rotatable bonds is 10. The Hall–Kier alpha value is -2.62. The van der Waals surface area contributed by atoms with Gasteiger partial charge in [-0.25, -0.2) is 4.98 Å². The van der Waals surface area contributed by atoms with E-state index in [2.05, 4.69) is 20.0 Å². The molecule has 2 N–H and O–H groups in total. The van der Waals surface area contributed by atoms with Crippen LogP contribution in [0.15, 0.2) is 34.2 Å². The van der Waals surface area contributed by atoms with Crippen molar-refractivity contribution in [1.29, 1.82) is 0 Å². The Morgan fingerprint density at radius 2 is 2.11 bits per heavy atom. The molecule has 0 bridgehead atoms. The number of nitrogens with zero attached hydrogens (tertiary/aromatic N) is 1. The molecule has 1 amide bonds. The summed E-state index contributed by atoms with van der Waals surface area (Å²) < 4.78 is 34.1. The molecular weight excluding hydrogens is 392 g/mol. The Bertz CT molecular complexity index is 861. The second-order valence-corrected chi connectivity index (χ2v) is 6.69. The van der Waals surface area contributed by atoms with E-state index in [0.717, 1.165) is 18.2 Å². The van der Waals surface area contributed by atoms with Gasteiger partial charge in [0.1, 0.15) is 0 Å². The van der Waals surface area contributed by atoms with Gasteiger partial charge in [0.05, 0.1) is 12.9 Å². The van der Waals surface area contributed by atoms with E-state index < -0.39 is 6.61 Å². The molecule has 0 spiro atoms. The lowest BCUT2D eigenvalue weighted by Crippen LogP contribution is -2.25. The second kappa shape index (κ2) is 10.6. The summed E-state index contributed by atoms with van der Waals surface area (Å²) in [5.74, 6) is -0.121. The lowest BCUT2D eigenvalue weighted by atomic mass is 10.2. The molecule has 2 rings (SSSR count). The first-order valence-corrected chi connectivity index (χ1v) is 9.51. The number of methoxy groups -OCH3 is 1. The maximum absolute atomic E-state index is 12.3. The minimum Gasteiger partial charge on any atom is -0.493 e. The van der Waals surface area contributed by atoms with Crippen LogP contribution in [0.3, 0.4) is 0 Å². The third-order valence-electron chi connectivity index (χ3n) is 3.55. The van der Waals surface area contributed by atoms with Crippen molar-refractivity contribution < 1.29 is 23.0 Å². The molecule has 2 aromatic rings. The van der Waals surface area contributed by atoms with Crippen LogP contribution < -0.4 is 20.3 Å². The summed E-state index contributed by atoms with van der Waals surface area (Å²) in [4.78, 5) is 30.6. The molecule has 10 heteroatoms. The average molecular weight is 413 g/mol. The molecule has 28 heavy (non-hydrogen) atoms. The third-order valence-corrected chi connectivity index (χ3v) is 4.43. The molecular formula is C18H21F2N3O4S. The highest BCUT2D eigenvalue weighted by molar-refractivity contribution is 7.99. The van der Waals surface area contributed by atoms with E-state index >= 15 is 0 Å². The van der Waals surface area contributed by atoms with Crippen LogP contribution in [0.1, 0.15) is 24.6 Å². The first-order valence-electron chi connectivity index (χ1n) is 8.52. The SMILES string of the molecule is CCCc1cc(=O)[nH]c(SCC(=O)NCc2ccc(OC(F)F)c(OC)c2)n1. The minimum absolute atomic E-state index is 0.0717. The average Bonchev–Trinajstić information content (AvgIpc) is 2.65. The number of alkyl halides is 2. The van der Waals surface area contributed by atoms with Gasteiger partial charge in [0.15, 0.2) is 16.7 Å². The van der Waals surface area contributed by atoms with Gasteiger partial charge in [-0.1, -0.05) is 31.2 Å². The smallest absolute Gasteiger partial charge is 0.387 e. The Morgan fingerprint density at radius 3 is 2.79 bits per heavy atom. The van der Waals surface area contributed by atoms with Crippen LogP contribution in [0.4, 0.5) is 8.78 Å². The fourth-order valence-corrected chi connectivity index (χ4v) is 3.06. The number of aryl methyl sites for hydroxylation is 1. The molecule has 0 atom stereocenters. The molecule has 0 unspecified atom stereocenters. The normalized spacial score (nSPS) is 10.8. The van der Waals surface area contributed by atoms with Crippen molar-refractivity contribution in [2.75, 3.05) is 12.9 Å². The lowest BCUT2D eigenvalue weighted by molar-refractivity contribution is -0.118. The second-order valence-electron chi connectivity index (χ2n) is 5.72. The Morgan fingerprint density at radius 1 is 1.32 bits per heavy atom. The summed E-state index contributed by atoms with van der Waals surface area (Å²) in [5.41, 5.74) is 1.10. The van der Waals surface area contributed by atoms with E-state index in [1.807, 2.05) is 6.92 Å². The number of carbonyl (C=O) groups excluding carboxylic acids is 1. The number of thioether (sulfide) groups is 1. The molecule has 0 saturated carbocycles. The van der Waals surface area contributed by atoms with Crippen molar-refractivity contribution in [2.24, 2.45) is 0 Å². The van der Waals surface area contributed by atoms with Gasteiger partial charge in [0, 0.05) is 18.3 Å². The zero-order valence-electron chi connectivity index (χ0n) is 15.5. The van der Waals surface area contributed by atoms with Crippen molar-refractivity contribution in [1.82, 2.24) is 15.3 Å². The zero-order chi connectivity index (χ0) is 20.5. The number of H-pyrrole nitrogens is 1. The van der Waals surface area contributed by atoms with Crippen LogP contribution in [-0.4, -0.2) is 35.3 Å². The molecule has 0 radical (unpaired) electrons. The molecule has 0 aliphatic carbocycles. The van der Waals surface area contributed by atoms with Crippen molar-refractivity contribution in [3.63, 3.8) is 0 Å². The standard InChI is InChI=1S/C18H21F2N3O4S/c1-3-4-12-8-15(24)23-18(22-12)28-10-16(25)21-9-11-5-6-13(27-17(19)20)14(7-11)26-2/h5-8,17H,3-4,9-10H2,1-2H3,(H,21,25)(H,22,23,24). The Balaban J connectivity index is 1.89. The molecule has 152 valence electrons. The maximum Gasteiger partial charge on any atom is 0.387 e. The number of aromatic amines is 1. The van der Waals surface area contributed by atoms with Crippen LogP contribution in [0.25, 0.3) is 0 Å². The van der Waals surface area contributed by atoms with Gasteiger partial charge in [-0.2, -0.15) is 8.78 Å². The minimum atomic E-state index is -2.95. The van der Waals surface area contributed by atoms with Crippen LogP contribution >= 0.6 is 11.8 Å². The van der Waals surface area contributed by atoms with Gasteiger partial charge in [0.2, 0.25) is 5.91 Å². The first-order chi connectivity index (χ1) is 13.4. The number of ether oxygens (including phenoxy) is 2. The molecule has 0 saturated heterocycles. The number of aromatic nitrogens is 2. The first kappa shape index (κ1) is 21.7. The number of carbonyl (C=O) groups is 1. The summed E-state index contributed by atoms with van der Waals surface area (Å²) in [6.45, 7) is -0.776. The summed E-state index contributed by atoms with van der Waals surface area (Å²) in [5, 5.41) is 3.10. The van der Waals surface area contributed by atoms with E-state index in [1.54, 1.807) is 6.07 Å². The van der Waals surface area contributed by atoms with E-state index in [1.165, 1.54) is 25.3 Å². The molecule has 7 nitrogen and oxygen atoms in total. The Kier molecular flexibility index (Phi) is 8.24. The highest BCUT2D eigenvalue weighted by atomic mass is 32.2. The van der Waals surface area contributed by atoms with Crippen molar-refractivity contribution in [3.8, 4) is 11.5 Å². The number of hydrogen-bond acceptors (Lipinski definition) is 6. The van der Waals surface area contributed by atoms with Crippen molar-refractivity contribution in [3.05, 3.63) is 45.9 Å². The highest BCUT2D eigenvalue weighted by Gasteiger charge is 2.12. The van der Waals surface area contributed by atoms with E-state index in [9.17, 15) is 18.4 Å². The van der Waals surface area contributed by atoms with Gasteiger partial charge in [0.25, 0.3) is 5.56 Å². The summed E-state index contributed by atoms with van der Waals surface area (Å²) in [7, 11) is 1.34. The number of hydrogen-bond donors (Lipinski definition) is 2. The van der Waals surface area contributed by atoms with Gasteiger partial charge < -0.3 is 19.8 Å². The van der Waals surface area contributed by atoms with Crippen LogP contribution in [0.5, 0.6) is 11.5 Å². The predicted molar refractivity (Wildman–Crippen MR) is 101 cm³/mol. The van der Waals surface area contributed by atoms with Crippen LogP contribution in [0.2, 0.25) is 0 Å². The summed E-state index contributed by atoms with van der Waals surface area (Å²) in [6.07, 6.45) is 1.56. The Labute approximate surface area is 164 Å². The summed E-state index contributed by atoms with van der Waals surface area (Å²) in [6, 6.07) is 5.87. The fourth-order valence-electron chi connectivity index (χ4n) is 2.34. The number of amides is 1. The van der Waals surface area contributed by atoms with Gasteiger partial charge in [-0.05, 0) is 24.1 Å². The van der Waals surface area contributed by atoms with Gasteiger partial charge in [-0.15, -0.1) is 0 Å². The largest absolute Gasteiger partial charge is 0.493 e. The monoisotopic (exact) mass is 413 g/mol. The molecule has 0 fully saturated rings. The van der Waals surface area contributed by atoms with Crippen molar-refractivity contribution in [2.45, 2.75) is 38.1 Å². The molecule has 1 aromatic heterocycles. The quantitative estimate of drug-likeness (QED) is 0.460. The van der Waals surface area contributed by atoms with E-state index in [-0.39, 0.29) is 35.3 Å². The predicted octanol–water partition coefficient (Wildman–Crippen LogP) is 2.74. The number of halogens is 2. The fraction of sp³-hybridized carbons (Fsp3) is 0.389. The number of nitrogens with one attached hydrogen (secondary N) is 2. The van der Waals surface area contributed by atoms with Crippen LogP contribution in [0, 0.1) is 0 Å². The topological polar surface area (TPSA) is 93.3 Å². The van der Waals surface area contributed by atoms with Crippen molar-refractivity contribution >= 4 is 17.7 Å². The molecule has 0 aliphatic heterocycles. The number of benzene rings is 1. The molecule has 1 heterocycles. The van der Waals surface area contributed by atoms with Gasteiger partial charge in [-0.3, -0.25) is 9.59 Å².